The van der Waals surface area contributed by atoms with Crippen LogP contribution >= 0.6 is 11.8 Å². The number of carbonyl (C=O) groups is 2. The van der Waals surface area contributed by atoms with E-state index in [0.717, 1.165) is 16.8 Å². The molecule has 1 aromatic rings. The van der Waals surface area contributed by atoms with Gasteiger partial charge < -0.3 is 10.0 Å². The van der Waals surface area contributed by atoms with Gasteiger partial charge in [0.25, 0.3) is 0 Å². The smallest absolute Gasteiger partial charge is 0.303 e. The van der Waals surface area contributed by atoms with E-state index in [-0.39, 0.29) is 35.6 Å². The molecule has 0 radical (unpaired) electrons. The maximum Gasteiger partial charge on any atom is 0.303 e. The number of benzene rings is 1. The number of hydrogen-bond acceptors (Lipinski definition) is 5. The molecular formula is C17H20N2O5S2. The third-order valence-corrected chi connectivity index (χ3v) is 7.82. The van der Waals surface area contributed by atoms with Gasteiger partial charge in [0.1, 0.15) is 0 Å². The second kappa shape index (κ2) is 7.03. The van der Waals surface area contributed by atoms with E-state index < -0.39 is 21.7 Å². The number of carboxylic acids is 1. The Bertz CT molecular complexity index is 894. The highest BCUT2D eigenvalue weighted by Crippen LogP contribution is 2.41. The summed E-state index contributed by atoms with van der Waals surface area (Å²) in [5.41, 5.74) is 2.98. The molecule has 2 saturated heterocycles. The number of sulfone groups is 1. The molecule has 1 aromatic carbocycles. The number of amides is 1. The van der Waals surface area contributed by atoms with Gasteiger partial charge in [0.05, 0.1) is 24.0 Å². The average molecular weight is 396 g/mol. The lowest BCUT2D eigenvalue weighted by Crippen LogP contribution is -2.37. The zero-order chi connectivity index (χ0) is 19.1. The number of aliphatic carboxylic acids is 1. The normalized spacial score (nSPS) is 25.5. The molecule has 2 atom stereocenters. The molecule has 3 rings (SSSR count). The second-order valence-corrected chi connectivity index (χ2v) is 9.98. The number of rotatable bonds is 4. The van der Waals surface area contributed by atoms with E-state index in [9.17, 15) is 18.0 Å². The molecule has 0 spiro atoms. The van der Waals surface area contributed by atoms with E-state index in [1.165, 1.54) is 11.8 Å². The topological polar surface area (TPSA) is 104 Å². The van der Waals surface area contributed by atoms with Gasteiger partial charge in [-0.15, -0.1) is 0 Å². The van der Waals surface area contributed by atoms with Crippen molar-refractivity contribution in [2.45, 2.75) is 38.0 Å². The summed E-state index contributed by atoms with van der Waals surface area (Å²) >= 11 is 1.29. The predicted molar refractivity (Wildman–Crippen MR) is 102 cm³/mol. The lowest BCUT2D eigenvalue weighted by atomic mass is 10.1. The number of carboxylic acid groups (broad SMARTS) is 1. The number of aliphatic imine (C=N–C) groups is 1. The number of thioether (sulfide) groups is 1. The van der Waals surface area contributed by atoms with Crippen LogP contribution in [0.5, 0.6) is 0 Å². The van der Waals surface area contributed by atoms with Gasteiger partial charge in [-0.25, -0.2) is 8.42 Å². The van der Waals surface area contributed by atoms with Gasteiger partial charge in [0, 0.05) is 17.4 Å². The Hall–Kier alpha value is -1.87. The number of anilines is 1. The molecule has 0 saturated carbocycles. The molecule has 1 N–H and O–H groups in total. The molecule has 0 aliphatic carbocycles. The van der Waals surface area contributed by atoms with Crippen molar-refractivity contribution in [1.29, 1.82) is 0 Å². The summed E-state index contributed by atoms with van der Waals surface area (Å²) in [5.74, 6) is -1.47. The van der Waals surface area contributed by atoms with Crippen LogP contribution in [0.1, 0.15) is 24.0 Å². The minimum atomic E-state index is -3.12. The minimum absolute atomic E-state index is 0.0277. The molecule has 140 valence electrons. The maximum atomic E-state index is 12.0. The standard InChI is InChI=1S/C17H20N2O5S2/c1-10-3-4-12(7-11(10)2)19-13-8-26(23,24)9-14(13)25-17(19)18-15(20)5-6-16(21)22/h3-4,7,13-14H,5-6,8-9H2,1-2H3,(H,21,22)/t13-,14-/m0/s1. The largest absolute Gasteiger partial charge is 0.481 e. The van der Waals surface area contributed by atoms with Crippen molar-refractivity contribution < 1.29 is 23.1 Å². The van der Waals surface area contributed by atoms with Crippen molar-refractivity contribution >= 4 is 44.3 Å². The highest BCUT2D eigenvalue weighted by molar-refractivity contribution is 8.16. The summed E-state index contributed by atoms with van der Waals surface area (Å²) < 4.78 is 24.1. The van der Waals surface area contributed by atoms with E-state index in [2.05, 4.69) is 4.99 Å². The van der Waals surface area contributed by atoms with Gasteiger partial charge in [0.2, 0.25) is 5.91 Å². The lowest BCUT2D eigenvalue weighted by molar-refractivity contribution is -0.138. The molecule has 0 aromatic heterocycles. The molecule has 2 aliphatic heterocycles. The predicted octanol–water partition coefficient (Wildman–Crippen LogP) is 1.77. The Morgan fingerprint density at radius 3 is 2.62 bits per heavy atom. The Balaban J connectivity index is 1.94. The molecule has 9 heteroatoms. The number of nitrogens with zero attached hydrogens (tertiary/aromatic N) is 2. The highest BCUT2D eigenvalue weighted by atomic mass is 32.2. The van der Waals surface area contributed by atoms with Crippen LogP contribution in [-0.2, 0) is 19.4 Å². The fourth-order valence-corrected chi connectivity index (χ4v) is 7.05. The first-order chi connectivity index (χ1) is 12.2. The van der Waals surface area contributed by atoms with Crippen LogP contribution in [0, 0.1) is 13.8 Å². The summed E-state index contributed by atoms with van der Waals surface area (Å²) in [6.07, 6.45) is -0.445. The molecule has 26 heavy (non-hydrogen) atoms. The first-order valence-corrected chi connectivity index (χ1v) is 10.9. The molecule has 2 fully saturated rings. The quantitative estimate of drug-likeness (QED) is 0.827. The van der Waals surface area contributed by atoms with E-state index in [1.807, 2.05) is 36.9 Å². The van der Waals surface area contributed by atoms with Crippen LogP contribution in [-0.4, -0.2) is 53.4 Å². The zero-order valence-corrected chi connectivity index (χ0v) is 16.1. The number of carbonyl (C=O) groups excluding carboxylic acids is 1. The summed E-state index contributed by atoms with van der Waals surface area (Å²) in [6, 6.07) is 5.54. The Labute approximate surface area is 156 Å². The van der Waals surface area contributed by atoms with Gasteiger partial charge in [-0.2, -0.15) is 4.99 Å². The molecule has 2 aliphatic rings. The number of aryl methyl sites for hydroxylation is 2. The average Bonchev–Trinajstić information content (AvgIpc) is 2.99. The molecule has 0 bridgehead atoms. The van der Waals surface area contributed by atoms with Crippen LogP contribution in [0.25, 0.3) is 0 Å². The fraction of sp³-hybridized carbons (Fsp3) is 0.471. The lowest BCUT2D eigenvalue weighted by Gasteiger charge is -2.25. The van der Waals surface area contributed by atoms with E-state index in [1.54, 1.807) is 0 Å². The van der Waals surface area contributed by atoms with Crippen LogP contribution in [0.3, 0.4) is 0 Å². The van der Waals surface area contributed by atoms with Gasteiger partial charge in [-0.05, 0) is 37.1 Å². The van der Waals surface area contributed by atoms with E-state index >= 15 is 0 Å². The van der Waals surface area contributed by atoms with Crippen molar-refractivity contribution in [3.05, 3.63) is 29.3 Å². The molecule has 1 amide bonds. The Morgan fingerprint density at radius 2 is 1.96 bits per heavy atom. The first kappa shape index (κ1) is 18.9. The molecule has 7 nitrogen and oxygen atoms in total. The zero-order valence-electron chi connectivity index (χ0n) is 14.5. The van der Waals surface area contributed by atoms with Crippen molar-refractivity contribution in [1.82, 2.24) is 0 Å². The molecule has 2 heterocycles. The fourth-order valence-electron chi connectivity index (χ4n) is 3.12. The van der Waals surface area contributed by atoms with Crippen LogP contribution in [0.15, 0.2) is 23.2 Å². The molecular weight excluding hydrogens is 376 g/mol. The monoisotopic (exact) mass is 396 g/mol. The summed E-state index contributed by atoms with van der Waals surface area (Å²) in [5, 5.41) is 8.99. The summed E-state index contributed by atoms with van der Waals surface area (Å²) in [4.78, 5) is 28.6. The van der Waals surface area contributed by atoms with Crippen LogP contribution in [0.4, 0.5) is 5.69 Å². The van der Waals surface area contributed by atoms with Crippen molar-refractivity contribution in [3.63, 3.8) is 0 Å². The van der Waals surface area contributed by atoms with Crippen molar-refractivity contribution in [2.24, 2.45) is 4.99 Å². The first-order valence-electron chi connectivity index (χ1n) is 8.23. The van der Waals surface area contributed by atoms with Gasteiger partial charge >= 0.3 is 5.97 Å². The Kier molecular flexibility index (Phi) is 5.12. The van der Waals surface area contributed by atoms with E-state index in [0.29, 0.717) is 5.17 Å². The van der Waals surface area contributed by atoms with Crippen molar-refractivity contribution in [2.75, 3.05) is 16.4 Å². The third kappa shape index (κ3) is 3.93. The Morgan fingerprint density at radius 1 is 1.23 bits per heavy atom. The second-order valence-electron chi connectivity index (χ2n) is 6.62. The summed E-state index contributed by atoms with van der Waals surface area (Å²) in [7, 11) is -3.12. The van der Waals surface area contributed by atoms with Crippen LogP contribution in [0.2, 0.25) is 0 Å². The summed E-state index contributed by atoms with van der Waals surface area (Å²) in [6.45, 7) is 3.96. The van der Waals surface area contributed by atoms with Gasteiger partial charge in [0.15, 0.2) is 15.0 Å². The van der Waals surface area contributed by atoms with Crippen LogP contribution < -0.4 is 4.90 Å². The van der Waals surface area contributed by atoms with Gasteiger partial charge in [-0.1, -0.05) is 17.8 Å². The SMILES string of the molecule is Cc1ccc(N2C(=NC(=O)CCC(=O)O)S[C@H]3CS(=O)(=O)C[C@@H]32)cc1C. The number of amidine groups is 1. The highest BCUT2D eigenvalue weighted by Gasteiger charge is 2.49. The number of hydrogen-bond donors (Lipinski definition) is 1. The van der Waals surface area contributed by atoms with E-state index in [4.69, 9.17) is 5.11 Å². The third-order valence-electron chi connectivity index (χ3n) is 4.61. The maximum absolute atomic E-state index is 12.0. The number of fused-ring (bicyclic) bond motifs is 1. The molecule has 0 unspecified atom stereocenters. The van der Waals surface area contributed by atoms with Gasteiger partial charge in [-0.3, -0.25) is 9.59 Å². The van der Waals surface area contributed by atoms with Crippen molar-refractivity contribution in [3.8, 4) is 0 Å². The minimum Gasteiger partial charge on any atom is -0.481 e.